The van der Waals surface area contributed by atoms with Crippen LogP contribution in [0.5, 0.6) is 0 Å². The fraction of sp³-hybridized carbons (Fsp3) is 0.438. The highest BCUT2D eigenvalue weighted by atomic mass is 35.5. The van der Waals surface area contributed by atoms with Gasteiger partial charge in [-0.1, -0.05) is 23.7 Å². The molecule has 0 aliphatic carbocycles. The van der Waals surface area contributed by atoms with E-state index in [0.717, 1.165) is 17.9 Å². The van der Waals surface area contributed by atoms with Crippen molar-refractivity contribution in [2.45, 2.75) is 39.2 Å². The molecule has 0 atom stereocenters. The average molecular weight is 321 g/mol. The number of rotatable bonds is 6. The number of nitrogens with one attached hydrogen (secondary N) is 1. The summed E-state index contributed by atoms with van der Waals surface area (Å²) in [5, 5.41) is 11.5. The van der Waals surface area contributed by atoms with Crippen molar-refractivity contribution in [3.05, 3.63) is 47.0 Å². The van der Waals surface area contributed by atoms with E-state index in [9.17, 15) is 4.79 Å². The van der Waals surface area contributed by atoms with Gasteiger partial charge in [0.05, 0.1) is 5.41 Å². The van der Waals surface area contributed by atoms with Crippen LogP contribution < -0.4 is 5.32 Å². The molecule has 118 valence electrons. The van der Waals surface area contributed by atoms with Gasteiger partial charge >= 0.3 is 0 Å². The molecule has 1 aromatic heterocycles. The standard InChI is InChI=1S/C16H21ClN4O/c1-4-21-11-19-20-14(21)8-9-18-15(22)16(2,3)12-6-5-7-13(17)10-12/h5-7,10-11H,4,8-9H2,1-3H3,(H,18,22). The lowest BCUT2D eigenvalue weighted by atomic mass is 9.84. The Labute approximate surface area is 135 Å². The summed E-state index contributed by atoms with van der Waals surface area (Å²) in [6.07, 6.45) is 2.36. The zero-order valence-electron chi connectivity index (χ0n) is 13.1. The molecule has 1 amide bonds. The molecule has 5 nitrogen and oxygen atoms in total. The first-order valence-corrected chi connectivity index (χ1v) is 7.74. The SMILES string of the molecule is CCn1cnnc1CCNC(=O)C(C)(C)c1cccc(Cl)c1. The van der Waals surface area contributed by atoms with Crippen LogP contribution in [0.3, 0.4) is 0 Å². The molecule has 0 spiro atoms. The average Bonchev–Trinajstić information content (AvgIpc) is 2.94. The van der Waals surface area contributed by atoms with Gasteiger partial charge in [-0.25, -0.2) is 0 Å². The maximum Gasteiger partial charge on any atom is 0.230 e. The van der Waals surface area contributed by atoms with Crippen LogP contribution in [-0.4, -0.2) is 27.2 Å². The number of aromatic nitrogens is 3. The van der Waals surface area contributed by atoms with Crippen LogP contribution in [0.2, 0.25) is 5.02 Å². The molecule has 0 saturated carbocycles. The highest BCUT2D eigenvalue weighted by Gasteiger charge is 2.29. The van der Waals surface area contributed by atoms with Gasteiger partial charge in [-0.05, 0) is 38.5 Å². The largest absolute Gasteiger partial charge is 0.355 e. The van der Waals surface area contributed by atoms with Crippen molar-refractivity contribution in [2.75, 3.05) is 6.54 Å². The predicted octanol–water partition coefficient (Wildman–Crippen LogP) is 2.59. The highest BCUT2D eigenvalue weighted by Crippen LogP contribution is 2.25. The van der Waals surface area contributed by atoms with Crippen molar-refractivity contribution in [3.63, 3.8) is 0 Å². The Hall–Kier alpha value is -1.88. The van der Waals surface area contributed by atoms with Crippen molar-refractivity contribution < 1.29 is 4.79 Å². The normalized spacial score (nSPS) is 11.5. The highest BCUT2D eigenvalue weighted by molar-refractivity contribution is 6.30. The first kappa shape index (κ1) is 16.5. The zero-order valence-corrected chi connectivity index (χ0v) is 13.9. The minimum Gasteiger partial charge on any atom is -0.355 e. The van der Waals surface area contributed by atoms with Gasteiger partial charge < -0.3 is 9.88 Å². The molecule has 0 radical (unpaired) electrons. The third kappa shape index (κ3) is 3.65. The molecule has 2 rings (SSSR count). The number of hydrogen-bond donors (Lipinski definition) is 1. The summed E-state index contributed by atoms with van der Waals surface area (Å²) in [7, 11) is 0. The van der Waals surface area contributed by atoms with E-state index >= 15 is 0 Å². The maximum absolute atomic E-state index is 12.5. The summed E-state index contributed by atoms with van der Waals surface area (Å²) in [4.78, 5) is 12.5. The van der Waals surface area contributed by atoms with Crippen LogP contribution in [-0.2, 0) is 23.2 Å². The fourth-order valence-electron chi connectivity index (χ4n) is 2.25. The second-order valence-electron chi connectivity index (χ2n) is 5.67. The third-order valence-electron chi connectivity index (χ3n) is 3.78. The lowest BCUT2D eigenvalue weighted by Crippen LogP contribution is -2.41. The van der Waals surface area contributed by atoms with Gasteiger partial charge in [0, 0.05) is 24.5 Å². The molecule has 2 aromatic rings. The van der Waals surface area contributed by atoms with Gasteiger partial charge in [0.25, 0.3) is 0 Å². The molecule has 0 saturated heterocycles. The maximum atomic E-state index is 12.5. The lowest BCUT2D eigenvalue weighted by molar-refractivity contribution is -0.125. The Morgan fingerprint density at radius 3 is 2.86 bits per heavy atom. The number of nitrogens with zero attached hydrogens (tertiary/aromatic N) is 3. The van der Waals surface area contributed by atoms with E-state index < -0.39 is 5.41 Å². The first-order chi connectivity index (χ1) is 10.4. The van der Waals surface area contributed by atoms with E-state index in [1.807, 2.05) is 43.5 Å². The van der Waals surface area contributed by atoms with Crippen LogP contribution >= 0.6 is 11.6 Å². The van der Waals surface area contributed by atoms with E-state index in [1.54, 1.807) is 12.4 Å². The zero-order chi connectivity index (χ0) is 16.2. The van der Waals surface area contributed by atoms with E-state index in [4.69, 9.17) is 11.6 Å². The number of carbonyl (C=O) groups is 1. The Morgan fingerprint density at radius 2 is 2.18 bits per heavy atom. The molecule has 0 aliphatic rings. The molecule has 0 bridgehead atoms. The summed E-state index contributed by atoms with van der Waals surface area (Å²) in [6, 6.07) is 7.40. The molecular formula is C16H21ClN4O. The van der Waals surface area contributed by atoms with Gasteiger partial charge in [-0.2, -0.15) is 0 Å². The summed E-state index contributed by atoms with van der Waals surface area (Å²) in [6.45, 7) is 7.17. The van der Waals surface area contributed by atoms with Crippen molar-refractivity contribution in [1.29, 1.82) is 0 Å². The van der Waals surface area contributed by atoms with E-state index in [-0.39, 0.29) is 5.91 Å². The second kappa shape index (κ2) is 6.92. The molecule has 0 unspecified atom stereocenters. The number of carbonyl (C=O) groups excluding carboxylic acids is 1. The van der Waals surface area contributed by atoms with Gasteiger partial charge in [-0.15, -0.1) is 10.2 Å². The van der Waals surface area contributed by atoms with E-state index in [0.29, 0.717) is 18.0 Å². The van der Waals surface area contributed by atoms with Gasteiger partial charge in [-0.3, -0.25) is 4.79 Å². The minimum absolute atomic E-state index is 0.0302. The smallest absolute Gasteiger partial charge is 0.230 e. The first-order valence-electron chi connectivity index (χ1n) is 7.36. The summed E-state index contributed by atoms with van der Waals surface area (Å²) in [5.41, 5.74) is 0.262. The predicted molar refractivity (Wildman–Crippen MR) is 86.9 cm³/mol. The molecule has 1 aromatic carbocycles. The summed E-state index contributed by atoms with van der Waals surface area (Å²) in [5.74, 6) is 0.848. The molecular weight excluding hydrogens is 300 g/mol. The Balaban J connectivity index is 1.96. The second-order valence-corrected chi connectivity index (χ2v) is 6.11. The Morgan fingerprint density at radius 1 is 1.41 bits per heavy atom. The molecule has 0 aliphatic heterocycles. The van der Waals surface area contributed by atoms with Crippen LogP contribution in [0, 0.1) is 0 Å². The molecule has 1 heterocycles. The molecule has 0 fully saturated rings. The topological polar surface area (TPSA) is 59.8 Å². The van der Waals surface area contributed by atoms with Crippen molar-refractivity contribution in [3.8, 4) is 0 Å². The third-order valence-corrected chi connectivity index (χ3v) is 4.02. The molecule has 22 heavy (non-hydrogen) atoms. The van der Waals surface area contributed by atoms with Gasteiger partial charge in [0.15, 0.2) is 0 Å². The molecule has 6 heteroatoms. The Kier molecular flexibility index (Phi) is 5.19. The van der Waals surface area contributed by atoms with Gasteiger partial charge in [0.2, 0.25) is 5.91 Å². The van der Waals surface area contributed by atoms with Crippen molar-refractivity contribution in [1.82, 2.24) is 20.1 Å². The monoisotopic (exact) mass is 320 g/mol. The van der Waals surface area contributed by atoms with E-state index in [2.05, 4.69) is 15.5 Å². The molecule has 1 N–H and O–H groups in total. The van der Waals surface area contributed by atoms with Gasteiger partial charge in [0.1, 0.15) is 12.2 Å². The number of halogens is 1. The number of benzene rings is 1. The fourth-order valence-corrected chi connectivity index (χ4v) is 2.44. The number of aryl methyl sites for hydroxylation is 1. The Bertz CT molecular complexity index is 651. The van der Waals surface area contributed by atoms with Crippen LogP contribution in [0.1, 0.15) is 32.2 Å². The number of amides is 1. The van der Waals surface area contributed by atoms with E-state index in [1.165, 1.54) is 0 Å². The minimum atomic E-state index is -0.636. The lowest BCUT2D eigenvalue weighted by Gasteiger charge is -2.24. The van der Waals surface area contributed by atoms with Crippen molar-refractivity contribution in [2.24, 2.45) is 0 Å². The van der Waals surface area contributed by atoms with Crippen LogP contribution in [0.15, 0.2) is 30.6 Å². The van der Waals surface area contributed by atoms with Crippen LogP contribution in [0.4, 0.5) is 0 Å². The quantitative estimate of drug-likeness (QED) is 0.890. The summed E-state index contributed by atoms with van der Waals surface area (Å²) < 4.78 is 1.97. The van der Waals surface area contributed by atoms with Crippen molar-refractivity contribution >= 4 is 17.5 Å². The van der Waals surface area contributed by atoms with Crippen LogP contribution in [0.25, 0.3) is 0 Å². The number of hydrogen-bond acceptors (Lipinski definition) is 3. The summed E-state index contributed by atoms with van der Waals surface area (Å²) >= 11 is 6.01.